The molecule has 0 bridgehead atoms. The van der Waals surface area contributed by atoms with Gasteiger partial charge in [0.15, 0.2) is 0 Å². The molecule has 0 unspecified atom stereocenters. The molecule has 1 heterocycles. The Bertz CT molecular complexity index is 201. The predicted octanol–water partition coefficient (Wildman–Crippen LogP) is -0.456. The number of hydrogen-bond acceptors (Lipinski definition) is 3. The van der Waals surface area contributed by atoms with E-state index in [4.69, 9.17) is 5.73 Å². The summed E-state index contributed by atoms with van der Waals surface area (Å²) < 4.78 is 0. The molecular formula is C9H19N3O. The Morgan fingerprint density at radius 3 is 2.69 bits per heavy atom. The minimum atomic E-state index is -0.391. The summed E-state index contributed by atoms with van der Waals surface area (Å²) in [5.41, 5.74) is 5.47. The zero-order valence-corrected chi connectivity index (χ0v) is 8.63. The van der Waals surface area contributed by atoms with Crippen molar-refractivity contribution in [3.8, 4) is 0 Å². The first-order valence-corrected chi connectivity index (χ1v) is 4.73. The van der Waals surface area contributed by atoms with E-state index in [2.05, 4.69) is 19.2 Å². The standard InChI is InChI=1S/C9H19N3O/c1-7(10)8(13)12-5-4-11-6-9(12,2)3/h7,11H,4-6,10H2,1-3H3/t7-/m0/s1. The summed E-state index contributed by atoms with van der Waals surface area (Å²) in [6.45, 7) is 8.31. The lowest BCUT2D eigenvalue weighted by Crippen LogP contribution is -2.62. The van der Waals surface area contributed by atoms with Gasteiger partial charge in [-0.3, -0.25) is 4.79 Å². The van der Waals surface area contributed by atoms with Gasteiger partial charge in [-0.05, 0) is 20.8 Å². The van der Waals surface area contributed by atoms with Gasteiger partial charge in [-0.1, -0.05) is 0 Å². The molecule has 1 aliphatic heterocycles. The lowest BCUT2D eigenvalue weighted by molar-refractivity contribution is -0.138. The average Bonchev–Trinajstić information content (AvgIpc) is 2.02. The maximum Gasteiger partial charge on any atom is 0.239 e. The second-order valence-corrected chi connectivity index (χ2v) is 4.27. The molecule has 1 aliphatic rings. The third-order valence-corrected chi connectivity index (χ3v) is 2.46. The monoisotopic (exact) mass is 185 g/mol. The van der Waals surface area contributed by atoms with Crippen LogP contribution in [0, 0.1) is 0 Å². The predicted molar refractivity (Wildman–Crippen MR) is 52.3 cm³/mol. The van der Waals surface area contributed by atoms with Crippen LogP contribution in [0.1, 0.15) is 20.8 Å². The van der Waals surface area contributed by atoms with Crippen LogP contribution in [-0.2, 0) is 4.79 Å². The zero-order chi connectivity index (χ0) is 10.1. The van der Waals surface area contributed by atoms with Crippen molar-refractivity contribution in [2.75, 3.05) is 19.6 Å². The van der Waals surface area contributed by atoms with Crippen LogP contribution in [0.25, 0.3) is 0 Å². The van der Waals surface area contributed by atoms with E-state index in [9.17, 15) is 4.79 Å². The third-order valence-electron chi connectivity index (χ3n) is 2.46. The van der Waals surface area contributed by atoms with E-state index in [1.807, 2.05) is 4.90 Å². The van der Waals surface area contributed by atoms with Gasteiger partial charge in [0.1, 0.15) is 0 Å². The third kappa shape index (κ3) is 2.19. The minimum absolute atomic E-state index is 0.0477. The quantitative estimate of drug-likeness (QED) is 0.581. The number of carbonyl (C=O) groups is 1. The summed E-state index contributed by atoms with van der Waals surface area (Å²) in [4.78, 5) is 13.6. The highest BCUT2D eigenvalue weighted by atomic mass is 16.2. The molecule has 76 valence electrons. The van der Waals surface area contributed by atoms with E-state index >= 15 is 0 Å². The molecule has 4 heteroatoms. The molecule has 1 rings (SSSR count). The van der Waals surface area contributed by atoms with Crippen molar-refractivity contribution < 1.29 is 4.79 Å². The van der Waals surface area contributed by atoms with Crippen molar-refractivity contribution in [1.82, 2.24) is 10.2 Å². The fourth-order valence-corrected chi connectivity index (χ4v) is 1.64. The van der Waals surface area contributed by atoms with Gasteiger partial charge < -0.3 is 16.0 Å². The Morgan fingerprint density at radius 1 is 1.62 bits per heavy atom. The van der Waals surface area contributed by atoms with E-state index in [-0.39, 0.29) is 11.4 Å². The van der Waals surface area contributed by atoms with Crippen LogP contribution in [0.4, 0.5) is 0 Å². The van der Waals surface area contributed by atoms with Gasteiger partial charge in [0.05, 0.1) is 6.04 Å². The lowest BCUT2D eigenvalue weighted by atomic mass is 9.99. The van der Waals surface area contributed by atoms with E-state index in [1.54, 1.807) is 6.92 Å². The van der Waals surface area contributed by atoms with Crippen molar-refractivity contribution in [2.24, 2.45) is 5.73 Å². The number of carbonyl (C=O) groups excluding carboxylic acids is 1. The Hall–Kier alpha value is -0.610. The van der Waals surface area contributed by atoms with Gasteiger partial charge in [0.25, 0.3) is 0 Å². The summed E-state index contributed by atoms with van der Waals surface area (Å²) >= 11 is 0. The van der Waals surface area contributed by atoms with E-state index < -0.39 is 6.04 Å². The van der Waals surface area contributed by atoms with Gasteiger partial charge >= 0.3 is 0 Å². The molecule has 0 saturated carbocycles. The number of nitrogens with one attached hydrogen (secondary N) is 1. The maximum absolute atomic E-state index is 11.7. The van der Waals surface area contributed by atoms with Crippen LogP contribution in [0.2, 0.25) is 0 Å². The molecule has 1 atom stereocenters. The first-order chi connectivity index (χ1) is 5.95. The Kier molecular flexibility index (Phi) is 2.93. The topological polar surface area (TPSA) is 58.4 Å². The van der Waals surface area contributed by atoms with Crippen LogP contribution in [0.15, 0.2) is 0 Å². The van der Waals surface area contributed by atoms with E-state index in [1.165, 1.54) is 0 Å². The fourth-order valence-electron chi connectivity index (χ4n) is 1.64. The van der Waals surface area contributed by atoms with Crippen molar-refractivity contribution in [1.29, 1.82) is 0 Å². The second-order valence-electron chi connectivity index (χ2n) is 4.27. The van der Waals surface area contributed by atoms with Crippen molar-refractivity contribution in [3.05, 3.63) is 0 Å². The van der Waals surface area contributed by atoms with E-state index in [0.29, 0.717) is 0 Å². The van der Waals surface area contributed by atoms with Crippen LogP contribution in [0.5, 0.6) is 0 Å². The highest BCUT2D eigenvalue weighted by molar-refractivity contribution is 5.82. The molecule has 0 aromatic heterocycles. The molecular weight excluding hydrogens is 166 g/mol. The summed E-state index contributed by atoms with van der Waals surface area (Å²) in [5, 5.41) is 3.26. The van der Waals surface area contributed by atoms with Crippen LogP contribution in [-0.4, -0.2) is 42.0 Å². The van der Waals surface area contributed by atoms with Gasteiger partial charge in [0, 0.05) is 25.2 Å². The summed E-state index contributed by atoms with van der Waals surface area (Å²) in [6.07, 6.45) is 0. The van der Waals surface area contributed by atoms with Crippen LogP contribution < -0.4 is 11.1 Å². The zero-order valence-electron chi connectivity index (χ0n) is 8.63. The summed E-state index contributed by atoms with van der Waals surface area (Å²) in [5.74, 6) is 0.0477. The highest BCUT2D eigenvalue weighted by Crippen LogP contribution is 2.16. The van der Waals surface area contributed by atoms with Gasteiger partial charge in [-0.25, -0.2) is 0 Å². The smallest absolute Gasteiger partial charge is 0.239 e. The van der Waals surface area contributed by atoms with Crippen molar-refractivity contribution >= 4 is 5.91 Å². The van der Waals surface area contributed by atoms with Crippen molar-refractivity contribution in [3.63, 3.8) is 0 Å². The molecule has 0 spiro atoms. The molecule has 0 aliphatic carbocycles. The molecule has 0 aromatic carbocycles. The van der Waals surface area contributed by atoms with Crippen LogP contribution >= 0.6 is 0 Å². The number of rotatable bonds is 1. The van der Waals surface area contributed by atoms with Crippen molar-refractivity contribution in [2.45, 2.75) is 32.4 Å². The van der Waals surface area contributed by atoms with Gasteiger partial charge in [-0.2, -0.15) is 0 Å². The summed E-state index contributed by atoms with van der Waals surface area (Å²) in [6, 6.07) is -0.391. The van der Waals surface area contributed by atoms with Gasteiger partial charge in [-0.15, -0.1) is 0 Å². The maximum atomic E-state index is 11.7. The average molecular weight is 185 g/mol. The Balaban J connectivity index is 2.71. The Labute approximate surface area is 79.5 Å². The van der Waals surface area contributed by atoms with E-state index in [0.717, 1.165) is 19.6 Å². The highest BCUT2D eigenvalue weighted by Gasteiger charge is 2.34. The summed E-state index contributed by atoms with van der Waals surface area (Å²) in [7, 11) is 0. The fraction of sp³-hybridized carbons (Fsp3) is 0.889. The molecule has 0 radical (unpaired) electrons. The SMILES string of the molecule is C[C@H](N)C(=O)N1CCNCC1(C)C. The molecule has 1 amide bonds. The van der Waals surface area contributed by atoms with Crippen LogP contribution in [0.3, 0.4) is 0 Å². The number of piperazine rings is 1. The number of hydrogen-bond donors (Lipinski definition) is 2. The number of amides is 1. The largest absolute Gasteiger partial charge is 0.334 e. The molecule has 1 fully saturated rings. The first-order valence-electron chi connectivity index (χ1n) is 4.73. The molecule has 4 nitrogen and oxygen atoms in total. The number of nitrogens with zero attached hydrogens (tertiary/aromatic N) is 1. The lowest BCUT2D eigenvalue weighted by Gasteiger charge is -2.43. The molecule has 13 heavy (non-hydrogen) atoms. The Morgan fingerprint density at radius 2 is 2.23 bits per heavy atom. The first kappa shape index (κ1) is 10.5. The normalized spacial score (nSPS) is 24.2. The molecule has 1 saturated heterocycles. The molecule has 0 aromatic rings. The second kappa shape index (κ2) is 3.64. The molecule has 3 N–H and O–H groups in total. The minimum Gasteiger partial charge on any atom is -0.334 e. The van der Waals surface area contributed by atoms with Gasteiger partial charge in [0.2, 0.25) is 5.91 Å². The number of nitrogens with two attached hydrogens (primary N) is 1.